The topological polar surface area (TPSA) is 42.2 Å². The van der Waals surface area contributed by atoms with Crippen LogP contribution in [0.1, 0.15) is 17.2 Å². The minimum absolute atomic E-state index is 0.106. The Morgan fingerprint density at radius 2 is 2.14 bits per heavy atom. The summed E-state index contributed by atoms with van der Waals surface area (Å²) in [6.45, 7) is 0. The standard InChI is InChI=1S/C16H14N4S/c1-17-15(12-4-2-3-11-5-8-21-16(11)12)13-9-19-20-7-6-18-10-14(13)20/h2-10,15,17H,1H3. The Morgan fingerprint density at radius 1 is 1.19 bits per heavy atom. The third-order valence-corrected chi connectivity index (χ3v) is 4.75. The molecule has 21 heavy (non-hydrogen) atoms. The van der Waals surface area contributed by atoms with E-state index in [9.17, 15) is 0 Å². The number of fused-ring (bicyclic) bond motifs is 2. The zero-order valence-electron chi connectivity index (χ0n) is 11.5. The number of thiophene rings is 1. The first-order valence-electron chi connectivity index (χ1n) is 6.79. The highest BCUT2D eigenvalue weighted by Gasteiger charge is 2.19. The molecule has 4 nitrogen and oxygen atoms in total. The first kappa shape index (κ1) is 12.5. The molecule has 3 aromatic heterocycles. The Morgan fingerprint density at radius 3 is 3.05 bits per heavy atom. The van der Waals surface area contributed by atoms with Gasteiger partial charge >= 0.3 is 0 Å². The second-order valence-electron chi connectivity index (χ2n) is 4.91. The number of benzene rings is 1. The summed E-state index contributed by atoms with van der Waals surface area (Å²) in [5.41, 5.74) is 3.46. The third kappa shape index (κ3) is 1.93. The fourth-order valence-corrected chi connectivity index (χ4v) is 3.74. The van der Waals surface area contributed by atoms with Crippen molar-refractivity contribution in [2.45, 2.75) is 6.04 Å². The lowest BCUT2D eigenvalue weighted by atomic mass is 9.99. The number of nitrogens with one attached hydrogen (secondary N) is 1. The lowest BCUT2D eigenvalue weighted by Gasteiger charge is -2.16. The minimum atomic E-state index is 0.106. The van der Waals surface area contributed by atoms with Gasteiger partial charge in [0.2, 0.25) is 0 Å². The van der Waals surface area contributed by atoms with Gasteiger partial charge in [-0.3, -0.25) is 4.98 Å². The van der Waals surface area contributed by atoms with Crippen LogP contribution in [0.4, 0.5) is 0 Å². The minimum Gasteiger partial charge on any atom is -0.309 e. The fourth-order valence-electron chi connectivity index (χ4n) is 2.80. The number of rotatable bonds is 3. The summed E-state index contributed by atoms with van der Waals surface area (Å²) in [5.74, 6) is 0. The summed E-state index contributed by atoms with van der Waals surface area (Å²) in [6, 6.07) is 8.71. The number of nitrogens with zero attached hydrogens (tertiary/aromatic N) is 3. The van der Waals surface area contributed by atoms with E-state index in [1.54, 1.807) is 17.5 Å². The lowest BCUT2D eigenvalue weighted by Crippen LogP contribution is -2.17. The fraction of sp³-hybridized carbons (Fsp3) is 0.125. The summed E-state index contributed by atoms with van der Waals surface area (Å²) in [5, 5.41) is 11.3. The van der Waals surface area contributed by atoms with Crippen LogP contribution in [0, 0.1) is 0 Å². The van der Waals surface area contributed by atoms with Crippen LogP contribution in [0.2, 0.25) is 0 Å². The summed E-state index contributed by atoms with van der Waals surface area (Å²) < 4.78 is 3.18. The maximum absolute atomic E-state index is 4.42. The Kier molecular flexibility index (Phi) is 2.94. The van der Waals surface area contributed by atoms with E-state index in [4.69, 9.17) is 0 Å². The van der Waals surface area contributed by atoms with Crippen LogP contribution >= 0.6 is 11.3 Å². The Bertz CT molecular complexity index is 909. The van der Waals surface area contributed by atoms with Crippen LogP contribution in [0.25, 0.3) is 15.6 Å². The molecule has 5 heteroatoms. The Balaban J connectivity index is 1.94. The van der Waals surface area contributed by atoms with Gasteiger partial charge in [-0.25, -0.2) is 4.52 Å². The van der Waals surface area contributed by atoms with Crippen molar-refractivity contribution < 1.29 is 0 Å². The molecule has 4 aromatic rings. The van der Waals surface area contributed by atoms with Crippen molar-refractivity contribution in [3.63, 3.8) is 0 Å². The second kappa shape index (κ2) is 4.95. The van der Waals surface area contributed by atoms with Gasteiger partial charge in [0.25, 0.3) is 0 Å². The maximum atomic E-state index is 4.42. The number of aromatic nitrogens is 3. The molecule has 0 saturated heterocycles. The van der Waals surface area contributed by atoms with Crippen LogP contribution in [0.5, 0.6) is 0 Å². The predicted molar refractivity (Wildman–Crippen MR) is 85.7 cm³/mol. The van der Waals surface area contributed by atoms with E-state index in [1.165, 1.54) is 15.6 Å². The van der Waals surface area contributed by atoms with E-state index in [1.807, 2.05) is 30.2 Å². The van der Waals surface area contributed by atoms with E-state index < -0.39 is 0 Å². The Labute approximate surface area is 126 Å². The SMILES string of the molecule is CNC(c1cccc2ccsc12)c1cnn2ccncc12. The molecule has 0 saturated carbocycles. The summed E-state index contributed by atoms with van der Waals surface area (Å²) in [7, 11) is 1.98. The molecule has 0 radical (unpaired) electrons. The van der Waals surface area contributed by atoms with E-state index in [0.29, 0.717) is 0 Å². The van der Waals surface area contributed by atoms with Gasteiger partial charge in [-0.15, -0.1) is 11.3 Å². The molecule has 104 valence electrons. The number of hydrogen-bond acceptors (Lipinski definition) is 4. The molecule has 0 amide bonds. The highest BCUT2D eigenvalue weighted by molar-refractivity contribution is 7.17. The van der Waals surface area contributed by atoms with Crippen molar-refractivity contribution >= 4 is 26.9 Å². The van der Waals surface area contributed by atoms with Crippen LogP contribution in [-0.2, 0) is 0 Å². The first-order chi connectivity index (χ1) is 10.4. The molecule has 0 fully saturated rings. The van der Waals surface area contributed by atoms with Crippen molar-refractivity contribution in [2.75, 3.05) is 7.05 Å². The summed E-state index contributed by atoms with van der Waals surface area (Å²) >= 11 is 1.78. The largest absolute Gasteiger partial charge is 0.309 e. The molecule has 0 aliphatic carbocycles. The van der Waals surface area contributed by atoms with E-state index >= 15 is 0 Å². The molecule has 0 spiro atoms. The van der Waals surface area contributed by atoms with Gasteiger partial charge < -0.3 is 5.32 Å². The monoisotopic (exact) mass is 294 g/mol. The zero-order valence-corrected chi connectivity index (χ0v) is 12.3. The average Bonchev–Trinajstić information content (AvgIpc) is 3.15. The highest BCUT2D eigenvalue weighted by atomic mass is 32.1. The van der Waals surface area contributed by atoms with Crippen LogP contribution in [0.15, 0.2) is 54.4 Å². The molecular weight excluding hydrogens is 280 g/mol. The molecule has 0 aliphatic rings. The van der Waals surface area contributed by atoms with E-state index in [-0.39, 0.29) is 6.04 Å². The van der Waals surface area contributed by atoms with Gasteiger partial charge in [-0.2, -0.15) is 5.10 Å². The second-order valence-corrected chi connectivity index (χ2v) is 5.83. The van der Waals surface area contributed by atoms with Gasteiger partial charge in [0.1, 0.15) is 0 Å². The quantitative estimate of drug-likeness (QED) is 0.630. The molecular formula is C16H14N4S. The predicted octanol–water partition coefficient (Wildman–Crippen LogP) is 3.25. The molecule has 1 aromatic carbocycles. The first-order valence-corrected chi connectivity index (χ1v) is 7.67. The third-order valence-electron chi connectivity index (χ3n) is 3.77. The van der Waals surface area contributed by atoms with Gasteiger partial charge in [0.15, 0.2) is 0 Å². The molecule has 1 N–H and O–H groups in total. The smallest absolute Gasteiger partial charge is 0.0896 e. The van der Waals surface area contributed by atoms with Gasteiger partial charge in [-0.1, -0.05) is 18.2 Å². The Hall–Kier alpha value is -2.24. The zero-order chi connectivity index (χ0) is 14.2. The number of hydrogen-bond donors (Lipinski definition) is 1. The van der Waals surface area contributed by atoms with Crippen LogP contribution in [-0.4, -0.2) is 21.6 Å². The van der Waals surface area contributed by atoms with Crippen molar-refractivity contribution in [3.05, 3.63) is 65.6 Å². The lowest BCUT2D eigenvalue weighted by molar-refractivity contribution is 0.702. The average molecular weight is 294 g/mol. The molecule has 3 heterocycles. The van der Waals surface area contributed by atoms with Gasteiger partial charge in [0.05, 0.1) is 24.0 Å². The van der Waals surface area contributed by atoms with E-state index in [2.05, 4.69) is 45.0 Å². The van der Waals surface area contributed by atoms with Crippen molar-refractivity contribution in [3.8, 4) is 0 Å². The summed E-state index contributed by atoms with van der Waals surface area (Å²) in [4.78, 5) is 4.22. The molecule has 4 rings (SSSR count). The molecule has 0 bridgehead atoms. The van der Waals surface area contributed by atoms with Crippen LogP contribution < -0.4 is 5.32 Å². The van der Waals surface area contributed by atoms with Crippen molar-refractivity contribution in [2.24, 2.45) is 0 Å². The maximum Gasteiger partial charge on any atom is 0.0896 e. The molecule has 0 aliphatic heterocycles. The van der Waals surface area contributed by atoms with Crippen molar-refractivity contribution in [1.29, 1.82) is 0 Å². The summed E-state index contributed by atoms with van der Waals surface area (Å²) in [6.07, 6.45) is 7.40. The van der Waals surface area contributed by atoms with Gasteiger partial charge in [-0.05, 0) is 29.4 Å². The normalized spacial score (nSPS) is 13.0. The van der Waals surface area contributed by atoms with Crippen molar-refractivity contribution in [1.82, 2.24) is 19.9 Å². The van der Waals surface area contributed by atoms with E-state index in [0.717, 1.165) is 11.1 Å². The van der Waals surface area contributed by atoms with Gasteiger partial charge in [0, 0.05) is 22.7 Å². The molecule has 1 atom stereocenters. The van der Waals surface area contributed by atoms with Crippen LogP contribution in [0.3, 0.4) is 0 Å². The molecule has 1 unspecified atom stereocenters. The highest BCUT2D eigenvalue weighted by Crippen LogP contribution is 2.33.